The van der Waals surface area contributed by atoms with Crippen molar-refractivity contribution in [1.29, 1.82) is 0 Å². The number of amides is 1. The Balaban J connectivity index is 1.53. The Bertz CT molecular complexity index is 1010. The third kappa shape index (κ3) is 6.06. The molecule has 1 amide bonds. The summed E-state index contributed by atoms with van der Waals surface area (Å²) in [6.07, 6.45) is 0. The van der Waals surface area contributed by atoms with Crippen molar-refractivity contribution in [1.82, 2.24) is 14.8 Å². The molecule has 0 spiro atoms. The van der Waals surface area contributed by atoms with Crippen molar-refractivity contribution in [2.75, 3.05) is 11.1 Å². The number of benzene rings is 2. The lowest BCUT2D eigenvalue weighted by atomic mass is 10.2. The number of hydrogen-bond donors (Lipinski definition) is 1. The van der Waals surface area contributed by atoms with Crippen LogP contribution in [0.15, 0.2) is 47.6 Å². The molecule has 30 heavy (non-hydrogen) atoms. The van der Waals surface area contributed by atoms with Crippen molar-refractivity contribution < 1.29 is 13.6 Å². The van der Waals surface area contributed by atoms with Crippen LogP contribution in [0.25, 0.3) is 0 Å². The van der Waals surface area contributed by atoms with Gasteiger partial charge in [-0.25, -0.2) is 8.78 Å². The predicted octanol–water partition coefficient (Wildman–Crippen LogP) is 5.05. The highest BCUT2D eigenvalue weighted by Gasteiger charge is 2.14. The van der Waals surface area contributed by atoms with E-state index in [0.29, 0.717) is 23.1 Å². The van der Waals surface area contributed by atoms with Gasteiger partial charge >= 0.3 is 0 Å². The van der Waals surface area contributed by atoms with E-state index in [4.69, 9.17) is 0 Å². The van der Waals surface area contributed by atoms with Gasteiger partial charge in [-0.05, 0) is 49.2 Å². The third-order valence-corrected chi connectivity index (χ3v) is 6.30. The fraction of sp³-hybridized carbons (Fsp3) is 0.286. The number of aromatic nitrogens is 3. The zero-order valence-electron chi connectivity index (χ0n) is 16.7. The summed E-state index contributed by atoms with van der Waals surface area (Å²) in [5.41, 5.74) is 2.31. The first-order chi connectivity index (χ1) is 14.5. The molecule has 0 bridgehead atoms. The summed E-state index contributed by atoms with van der Waals surface area (Å²) in [7, 11) is 0. The topological polar surface area (TPSA) is 59.8 Å². The van der Waals surface area contributed by atoms with Crippen LogP contribution in [0.1, 0.15) is 23.9 Å². The number of anilines is 1. The number of nitrogens with one attached hydrogen (secondary N) is 1. The summed E-state index contributed by atoms with van der Waals surface area (Å²) in [5.74, 6) is 1.52. The number of carbonyl (C=O) groups excluding carboxylic acids is 1. The van der Waals surface area contributed by atoms with Crippen LogP contribution in [0.2, 0.25) is 0 Å². The predicted molar refractivity (Wildman–Crippen MR) is 118 cm³/mol. The zero-order chi connectivity index (χ0) is 21.5. The van der Waals surface area contributed by atoms with Crippen molar-refractivity contribution in [3.63, 3.8) is 0 Å². The van der Waals surface area contributed by atoms with Crippen molar-refractivity contribution in [2.45, 2.75) is 37.1 Å². The van der Waals surface area contributed by atoms with E-state index in [1.807, 2.05) is 18.4 Å². The molecule has 0 saturated carbocycles. The van der Waals surface area contributed by atoms with Gasteiger partial charge in [0, 0.05) is 18.0 Å². The average Bonchev–Trinajstić information content (AvgIpc) is 3.12. The number of halogens is 2. The van der Waals surface area contributed by atoms with Gasteiger partial charge in [-0.15, -0.1) is 22.0 Å². The van der Waals surface area contributed by atoms with Gasteiger partial charge in [-0.1, -0.05) is 30.0 Å². The van der Waals surface area contributed by atoms with E-state index in [9.17, 15) is 13.6 Å². The second kappa shape index (κ2) is 10.6. The van der Waals surface area contributed by atoms with Crippen molar-refractivity contribution >= 4 is 35.1 Å². The average molecular weight is 449 g/mol. The Morgan fingerprint density at radius 1 is 1.07 bits per heavy atom. The van der Waals surface area contributed by atoms with Crippen LogP contribution in [-0.4, -0.2) is 26.4 Å². The fourth-order valence-corrected chi connectivity index (χ4v) is 4.48. The number of nitrogens with zero attached hydrogens (tertiary/aromatic N) is 3. The number of hydrogen-bond acceptors (Lipinski definition) is 5. The van der Waals surface area contributed by atoms with Crippen molar-refractivity contribution in [3.05, 3.63) is 71.1 Å². The minimum atomic E-state index is -0.392. The van der Waals surface area contributed by atoms with E-state index in [1.165, 1.54) is 36.0 Å². The van der Waals surface area contributed by atoms with Gasteiger partial charge in [0.15, 0.2) is 5.16 Å². The lowest BCUT2D eigenvalue weighted by Crippen LogP contribution is -2.15. The number of thioether (sulfide) groups is 2. The molecule has 1 N–H and O–H groups in total. The summed E-state index contributed by atoms with van der Waals surface area (Å²) in [4.78, 5) is 12.3. The highest BCUT2D eigenvalue weighted by Crippen LogP contribution is 2.23. The second-order valence-corrected chi connectivity index (χ2v) is 8.49. The molecule has 1 heterocycles. The number of carbonyl (C=O) groups is 1. The van der Waals surface area contributed by atoms with Gasteiger partial charge in [-0.3, -0.25) is 4.79 Å². The summed E-state index contributed by atoms with van der Waals surface area (Å²) in [5, 5.41) is 11.9. The summed E-state index contributed by atoms with van der Waals surface area (Å²) < 4.78 is 28.3. The largest absolute Gasteiger partial charge is 0.325 e. The van der Waals surface area contributed by atoms with Gasteiger partial charge in [0.25, 0.3) is 0 Å². The van der Waals surface area contributed by atoms with E-state index in [1.54, 1.807) is 30.0 Å². The molecule has 0 fully saturated rings. The van der Waals surface area contributed by atoms with Crippen molar-refractivity contribution in [3.8, 4) is 0 Å². The molecule has 0 radical (unpaired) electrons. The van der Waals surface area contributed by atoms with Gasteiger partial charge in [0.05, 0.1) is 11.5 Å². The molecule has 2 aromatic carbocycles. The fourth-order valence-electron chi connectivity index (χ4n) is 2.74. The van der Waals surface area contributed by atoms with E-state index in [-0.39, 0.29) is 17.5 Å². The van der Waals surface area contributed by atoms with E-state index in [0.717, 1.165) is 22.7 Å². The Hall–Kier alpha value is -2.39. The van der Waals surface area contributed by atoms with Crippen LogP contribution in [0, 0.1) is 18.6 Å². The molecule has 0 atom stereocenters. The molecular weight excluding hydrogens is 426 g/mol. The standard InChI is InChI=1S/C21H22F2N4OS2/c1-3-27-19(12-29-11-15-5-8-16(22)9-6-15)25-26-21(27)30-13-20(28)24-18-10-17(23)7-4-14(18)2/h4-10H,3,11-13H2,1-2H3,(H,24,28). The SMILES string of the molecule is CCn1c(CSCc2ccc(F)cc2)nnc1SCC(=O)Nc1cc(F)ccc1C. The highest BCUT2D eigenvalue weighted by molar-refractivity contribution is 7.99. The number of aryl methyl sites for hydroxylation is 1. The molecule has 0 aliphatic carbocycles. The van der Waals surface area contributed by atoms with Crippen LogP contribution in [-0.2, 0) is 22.8 Å². The zero-order valence-corrected chi connectivity index (χ0v) is 18.3. The maximum Gasteiger partial charge on any atom is 0.234 e. The highest BCUT2D eigenvalue weighted by atomic mass is 32.2. The van der Waals surface area contributed by atoms with Crippen LogP contribution in [0.5, 0.6) is 0 Å². The van der Waals surface area contributed by atoms with Gasteiger partial charge in [0.1, 0.15) is 17.5 Å². The molecule has 5 nitrogen and oxygen atoms in total. The van der Waals surface area contributed by atoms with Crippen LogP contribution < -0.4 is 5.32 Å². The monoisotopic (exact) mass is 448 g/mol. The van der Waals surface area contributed by atoms with Crippen LogP contribution >= 0.6 is 23.5 Å². The normalized spacial score (nSPS) is 10.9. The maximum absolute atomic E-state index is 13.4. The molecule has 1 aromatic heterocycles. The summed E-state index contributed by atoms with van der Waals surface area (Å²) in [6.45, 7) is 4.50. The first-order valence-electron chi connectivity index (χ1n) is 9.39. The minimum Gasteiger partial charge on any atom is -0.325 e. The summed E-state index contributed by atoms with van der Waals surface area (Å²) in [6, 6.07) is 10.7. The van der Waals surface area contributed by atoms with E-state index in [2.05, 4.69) is 15.5 Å². The molecule has 3 aromatic rings. The van der Waals surface area contributed by atoms with E-state index < -0.39 is 5.82 Å². The molecule has 158 valence electrons. The van der Waals surface area contributed by atoms with Crippen LogP contribution in [0.4, 0.5) is 14.5 Å². The number of rotatable bonds is 9. The molecule has 0 aliphatic rings. The van der Waals surface area contributed by atoms with Gasteiger partial charge < -0.3 is 9.88 Å². The second-order valence-electron chi connectivity index (χ2n) is 6.56. The van der Waals surface area contributed by atoms with Gasteiger partial charge in [0.2, 0.25) is 5.91 Å². The molecule has 0 saturated heterocycles. The molecule has 0 unspecified atom stereocenters. The first-order valence-corrected chi connectivity index (χ1v) is 11.5. The lowest BCUT2D eigenvalue weighted by Gasteiger charge is -2.09. The smallest absolute Gasteiger partial charge is 0.234 e. The lowest BCUT2D eigenvalue weighted by molar-refractivity contribution is -0.113. The maximum atomic E-state index is 13.4. The molecular formula is C21H22F2N4OS2. The molecule has 3 rings (SSSR count). The molecule has 9 heteroatoms. The Morgan fingerprint density at radius 3 is 2.53 bits per heavy atom. The Labute approximate surface area is 182 Å². The quantitative estimate of drug-likeness (QED) is 0.464. The van der Waals surface area contributed by atoms with Crippen LogP contribution in [0.3, 0.4) is 0 Å². The minimum absolute atomic E-state index is 0.150. The first kappa shape index (κ1) is 22.3. The van der Waals surface area contributed by atoms with Crippen molar-refractivity contribution in [2.24, 2.45) is 0 Å². The Morgan fingerprint density at radius 2 is 1.80 bits per heavy atom. The summed E-state index contributed by atoms with van der Waals surface area (Å²) >= 11 is 2.96. The van der Waals surface area contributed by atoms with Gasteiger partial charge in [-0.2, -0.15) is 0 Å². The Kier molecular flexibility index (Phi) is 7.87. The third-order valence-electron chi connectivity index (χ3n) is 4.33. The molecule has 0 aliphatic heterocycles. The van der Waals surface area contributed by atoms with E-state index >= 15 is 0 Å².